The van der Waals surface area contributed by atoms with Crippen molar-refractivity contribution in [3.8, 4) is 0 Å². The first-order valence-corrected chi connectivity index (χ1v) is 8.69. The third-order valence-electron chi connectivity index (χ3n) is 5.05. The van der Waals surface area contributed by atoms with Gasteiger partial charge in [0.2, 0.25) is 0 Å². The molecule has 0 amide bonds. The average molecular weight is 312 g/mol. The summed E-state index contributed by atoms with van der Waals surface area (Å²) < 4.78 is 5.94. The monoisotopic (exact) mass is 312 g/mol. The predicted molar refractivity (Wildman–Crippen MR) is 88.1 cm³/mol. The second-order valence-electron chi connectivity index (χ2n) is 6.46. The Morgan fingerprint density at radius 2 is 2.26 bits per heavy atom. The Hall–Kier alpha value is -1.72. The molecule has 0 unspecified atom stereocenters. The summed E-state index contributed by atoms with van der Waals surface area (Å²) in [4.78, 5) is 7.12. The first-order valence-electron chi connectivity index (χ1n) is 8.69. The zero-order chi connectivity index (χ0) is 15.6. The zero-order valence-corrected chi connectivity index (χ0v) is 13.7. The molecular formula is C18H24N4O. The number of aromatic nitrogens is 3. The highest BCUT2D eigenvalue weighted by Crippen LogP contribution is 2.36. The molecule has 1 fully saturated rings. The van der Waals surface area contributed by atoms with Crippen LogP contribution in [0.25, 0.3) is 0 Å². The van der Waals surface area contributed by atoms with E-state index in [2.05, 4.69) is 51.3 Å². The molecule has 0 saturated carbocycles. The minimum absolute atomic E-state index is 0.0191. The Kier molecular flexibility index (Phi) is 4.14. The summed E-state index contributed by atoms with van der Waals surface area (Å²) in [7, 11) is 0. The Bertz CT molecular complexity index is 669. The fraction of sp³-hybridized carbons (Fsp3) is 0.556. The van der Waals surface area contributed by atoms with Crippen LogP contribution < -0.4 is 0 Å². The second kappa shape index (κ2) is 6.42. The molecule has 1 saturated heterocycles. The van der Waals surface area contributed by atoms with Crippen molar-refractivity contribution in [2.45, 2.75) is 44.8 Å². The van der Waals surface area contributed by atoms with E-state index in [4.69, 9.17) is 4.74 Å². The van der Waals surface area contributed by atoms with Gasteiger partial charge in [0.1, 0.15) is 11.9 Å². The van der Waals surface area contributed by atoms with Crippen LogP contribution in [-0.4, -0.2) is 39.8 Å². The molecule has 2 atom stereocenters. The van der Waals surface area contributed by atoms with E-state index in [0.717, 1.165) is 37.8 Å². The number of nitrogens with one attached hydrogen (secondary N) is 1. The first kappa shape index (κ1) is 14.8. The van der Waals surface area contributed by atoms with Crippen molar-refractivity contribution < 1.29 is 4.74 Å². The highest BCUT2D eigenvalue weighted by Gasteiger charge is 2.32. The molecule has 2 aliphatic rings. The van der Waals surface area contributed by atoms with Crippen molar-refractivity contribution >= 4 is 0 Å². The Morgan fingerprint density at radius 3 is 3.13 bits per heavy atom. The van der Waals surface area contributed by atoms with Crippen LogP contribution in [0, 0.1) is 0 Å². The lowest BCUT2D eigenvalue weighted by Crippen LogP contribution is -2.42. The van der Waals surface area contributed by atoms with Crippen LogP contribution >= 0.6 is 0 Å². The van der Waals surface area contributed by atoms with Crippen molar-refractivity contribution in [2.75, 3.05) is 19.7 Å². The Balaban J connectivity index is 1.54. The third kappa shape index (κ3) is 2.91. The lowest BCUT2D eigenvalue weighted by molar-refractivity contribution is -0.0516. The van der Waals surface area contributed by atoms with Gasteiger partial charge in [0.25, 0.3) is 0 Å². The highest BCUT2D eigenvalue weighted by atomic mass is 16.5. The van der Waals surface area contributed by atoms with Crippen LogP contribution in [0.2, 0.25) is 0 Å². The SMILES string of the molecule is CCc1nc([C@@H]2CN([C@H]3CCCc4ccccc43)CCO2)n[nH]1. The maximum Gasteiger partial charge on any atom is 0.180 e. The van der Waals surface area contributed by atoms with Gasteiger partial charge < -0.3 is 4.74 Å². The maximum absolute atomic E-state index is 5.94. The summed E-state index contributed by atoms with van der Waals surface area (Å²) >= 11 is 0. The lowest BCUT2D eigenvalue weighted by Gasteiger charge is -2.40. The number of hydrogen-bond acceptors (Lipinski definition) is 4. The van der Waals surface area contributed by atoms with Crippen LogP contribution in [0.5, 0.6) is 0 Å². The molecule has 1 aliphatic heterocycles. The summed E-state index contributed by atoms with van der Waals surface area (Å²) in [5, 5.41) is 7.35. The number of ether oxygens (including phenoxy) is 1. The number of benzene rings is 1. The van der Waals surface area contributed by atoms with Gasteiger partial charge in [0, 0.05) is 25.6 Å². The standard InChI is InChI=1S/C18H24N4O/c1-2-17-19-18(21-20-17)16-12-22(10-11-23-16)15-9-5-7-13-6-3-4-8-14(13)15/h3-4,6,8,15-16H,2,5,7,9-12H2,1H3,(H,19,20,21)/t15-,16-/m0/s1. The van der Waals surface area contributed by atoms with E-state index in [1.54, 1.807) is 0 Å². The van der Waals surface area contributed by atoms with Gasteiger partial charge in [-0.1, -0.05) is 31.2 Å². The van der Waals surface area contributed by atoms with E-state index in [-0.39, 0.29) is 6.10 Å². The molecule has 5 heteroatoms. The van der Waals surface area contributed by atoms with Crippen molar-refractivity contribution in [2.24, 2.45) is 0 Å². The minimum Gasteiger partial charge on any atom is -0.367 e. The number of morpholine rings is 1. The molecule has 1 N–H and O–H groups in total. The van der Waals surface area contributed by atoms with Gasteiger partial charge in [-0.2, -0.15) is 5.10 Å². The zero-order valence-electron chi connectivity index (χ0n) is 13.7. The quantitative estimate of drug-likeness (QED) is 0.947. The van der Waals surface area contributed by atoms with Gasteiger partial charge >= 0.3 is 0 Å². The van der Waals surface area contributed by atoms with E-state index in [1.807, 2.05) is 0 Å². The Labute approximate surface area is 137 Å². The maximum atomic E-state index is 5.94. The van der Waals surface area contributed by atoms with Gasteiger partial charge in [-0.3, -0.25) is 10.00 Å². The van der Waals surface area contributed by atoms with Crippen LogP contribution in [0.15, 0.2) is 24.3 Å². The molecule has 4 rings (SSSR count). The predicted octanol–water partition coefficient (Wildman–Crippen LogP) is 2.82. The molecule has 1 aromatic carbocycles. The molecule has 2 aromatic rings. The summed E-state index contributed by atoms with van der Waals surface area (Å²) in [6.45, 7) is 4.69. The molecule has 122 valence electrons. The van der Waals surface area contributed by atoms with Gasteiger partial charge in [0.05, 0.1) is 6.61 Å². The molecule has 0 bridgehead atoms. The smallest absolute Gasteiger partial charge is 0.180 e. The number of fused-ring (bicyclic) bond motifs is 1. The van der Waals surface area contributed by atoms with Crippen molar-refractivity contribution in [3.63, 3.8) is 0 Å². The Morgan fingerprint density at radius 1 is 1.35 bits per heavy atom. The summed E-state index contributed by atoms with van der Waals surface area (Å²) in [6, 6.07) is 9.41. The lowest BCUT2D eigenvalue weighted by atomic mass is 9.86. The topological polar surface area (TPSA) is 54.0 Å². The van der Waals surface area contributed by atoms with E-state index in [9.17, 15) is 0 Å². The molecule has 1 aliphatic carbocycles. The molecular weight excluding hydrogens is 288 g/mol. The van der Waals surface area contributed by atoms with Crippen molar-refractivity contribution in [3.05, 3.63) is 47.0 Å². The van der Waals surface area contributed by atoms with Crippen molar-refractivity contribution in [1.82, 2.24) is 20.1 Å². The van der Waals surface area contributed by atoms with Crippen LogP contribution in [-0.2, 0) is 17.6 Å². The van der Waals surface area contributed by atoms with Crippen LogP contribution in [0.3, 0.4) is 0 Å². The number of rotatable bonds is 3. The normalized spacial score (nSPS) is 25.3. The highest BCUT2D eigenvalue weighted by molar-refractivity contribution is 5.32. The van der Waals surface area contributed by atoms with Crippen molar-refractivity contribution in [1.29, 1.82) is 0 Å². The second-order valence-corrected chi connectivity index (χ2v) is 6.46. The molecule has 0 spiro atoms. The van der Waals surface area contributed by atoms with Crippen LogP contribution in [0.1, 0.15) is 54.7 Å². The fourth-order valence-corrected chi connectivity index (χ4v) is 3.83. The molecule has 5 nitrogen and oxygen atoms in total. The number of aromatic amines is 1. The number of aryl methyl sites for hydroxylation is 2. The largest absolute Gasteiger partial charge is 0.367 e. The summed E-state index contributed by atoms with van der Waals surface area (Å²) in [6.07, 6.45) is 4.57. The number of H-pyrrole nitrogens is 1. The van der Waals surface area contributed by atoms with E-state index in [1.165, 1.54) is 30.4 Å². The van der Waals surface area contributed by atoms with Gasteiger partial charge in [0.15, 0.2) is 5.82 Å². The molecule has 23 heavy (non-hydrogen) atoms. The van der Waals surface area contributed by atoms with E-state index < -0.39 is 0 Å². The van der Waals surface area contributed by atoms with Gasteiger partial charge in [-0.25, -0.2) is 4.98 Å². The van der Waals surface area contributed by atoms with Gasteiger partial charge in [-0.05, 0) is 30.4 Å². The minimum atomic E-state index is -0.0191. The van der Waals surface area contributed by atoms with Gasteiger partial charge in [-0.15, -0.1) is 0 Å². The van der Waals surface area contributed by atoms with E-state index >= 15 is 0 Å². The molecule has 2 heterocycles. The fourth-order valence-electron chi connectivity index (χ4n) is 3.83. The summed E-state index contributed by atoms with van der Waals surface area (Å²) in [5.74, 6) is 1.74. The molecule has 1 aromatic heterocycles. The molecule has 0 radical (unpaired) electrons. The van der Waals surface area contributed by atoms with E-state index in [0.29, 0.717) is 6.04 Å². The number of hydrogen-bond donors (Lipinski definition) is 1. The third-order valence-corrected chi connectivity index (χ3v) is 5.05. The first-order chi connectivity index (χ1) is 11.3. The van der Waals surface area contributed by atoms with Crippen LogP contribution in [0.4, 0.5) is 0 Å². The number of nitrogens with zero attached hydrogens (tertiary/aromatic N) is 3. The summed E-state index contributed by atoms with van der Waals surface area (Å²) in [5.41, 5.74) is 3.02. The average Bonchev–Trinajstić information content (AvgIpc) is 3.11.